The highest BCUT2D eigenvalue weighted by atomic mass is 32.2. The number of anilines is 1. The van der Waals surface area contributed by atoms with Crippen LogP contribution in [0.3, 0.4) is 0 Å². The van der Waals surface area contributed by atoms with Crippen LogP contribution < -0.4 is 11.1 Å². The number of hydrogen-bond acceptors (Lipinski definition) is 8. The molecule has 2 heterocycles. The van der Waals surface area contributed by atoms with Gasteiger partial charge in [-0.25, -0.2) is 13.2 Å². The van der Waals surface area contributed by atoms with E-state index in [4.69, 9.17) is 30.9 Å². The number of sulfonamides is 1. The molecule has 0 aliphatic carbocycles. The lowest BCUT2D eigenvalue weighted by Gasteiger charge is -2.31. The van der Waals surface area contributed by atoms with Crippen molar-refractivity contribution >= 4 is 21.8 Å². The van der Waals surface area contributed by atoms with Gasteiger partial charge in [0.1, 0.15) is 6.08 Å². The molecule has 11 heteroatoms. The first-order valence-corrected chi connectivity index (χ1v) is 13.5. The summed E-state index contributed by atoms with van der Waals surface area (Å²) in [6.45, 7) is -9.18. The summed E-state index contributed by atoms with van der Waals surface area (Å²) < 4.78 is 109. The van der Waals surface area contributed by atoms with Crippen LogP contribution in [0.25, 0.3) is 0 Å². The molecule has 0 aromatic heterocycles. The van der Waals surface area contributed by atoms with Gasteiger partial charge < -0.3 is 30.4 Å². The third-order valence-electron chi connectivity index (χ3n) is 6.38. The Morgan fingerprint density at radius 2 is 1.97 bits per heavy atom. The molecule has 5 atom stereocenters. The maximum Gasteiger partial charge on any atom is 0.407 e. The number of nitrogen functional groups attached to an aromatic ring is 1. The van der Waals surface area contributed by atoms with E-state index in [1.807, 2.05) is 0 Å². The van der Waals surface area contributed by atoms with Gasteiger partial charge in [0, 0.05) is 28.4 Å². The van der Waals surface area contributed by atoms with Gasteiger partial charge in [0.2, 0.25) is 10.0 Å². The molecule has 2 saturated heterocycles. The molecular weight excluding hydrogens is 510 g/mol. The predicted octanol–water partition coefficient (Wildman–Crippen LogP) is 2.38. The van der Waals surface area contributed by atoms with Gasteiger partial charge in [-0.3, -0.25) is 0 Å². The Labute approximate surface area is 235 Å². The molecule has 2 aromatic rings. The number of carbonyl (C=O) groups excluding carboxylic acids is 1. The predicted molar refractivity (Wildman–Crippen MR) is 142 cm³/mol. The van der Waals surface area contributed by atoms with Crippen LogP contribution >= 0.6 is 0 Å². The van der Waals surface area contributed by atoms with Crippen LogP contribution in [0.4, 0.5) is 10.5 Å². The number of hydrogen-bond donors (Lipinski definition) is 3. The van der Waals surface area contributed by atoms with Crippen molar-refractivity contribution in [3.05, 3.63) is 60.2 Å². The molecule has 0 spiro atoms. The maximum absolute atomic E-state index is 13.9. The number of alkyl carbamates (subject to hydrolysis) is 1. The van der Waals surface area contributed by atoms with Gasteiger partial charge in [-0.1, -0.05) is 44.0 Å². The van der Waals surface area contributed by atoms with Crippen LogP contribution in [-0.2, 0) is 30.7 Å². The molecule has 4 rings (SSSR count). The monoisotopic (exact) mass is 555 g/mol. The van der Waals surface area contributed by atoms with Gasteiger partial charge in [0.15, 0.2) is 6.29 Å². The Hall–Kier alpha value is -2.70. The molecule has 2 aromatic carbocycles. The van der Waals surface area contributed by atoms with Crippen LogP contribution in [0.15, 0.2) is 59.5 Å². The molecule has 208 valence electrons. The smallest absolute Gasteiger partial charge is 0.407 e. The first-order chi connectivity index (χ1) is 21.3. The molecule has 2 aliphatic rings. The molecule has 4 N–H and O–H groups in total. The zero-order chi connectivity index (χ0) is 34.1. The number of rotatable bonds is 11. The fourth-order valence-electron chi connectivity index (χ4n) is 4.42. The number of benzene rings is 2. The summed E-state index contributed by atoms with van der Waals surface area (Å²) >= 11 is 0. The molecule has 0 unspecified atom stereocenters. The first kappa shape index (κ1) is 19.4. The minimum Gasteiger partial charge on any atom is -0.443 e. The van der Waals surface area contributed by atoms with Crippen molar-refractivity contribution in [2.24, 2.45) is 11.8 Å². The minimum atomic E-state index is -4.75. The Balaban J connectivity index is 1.66. The van der Waals surface area contributed by atoms with Crippen molar-refractivity contribution in [3.8, 4) is 0 Å². The summed E-state index contributed by atoms with van der Waals surface area (Å²) in [6.07, 6.45) is -5.06. The Bertz CT molecular complexity index is 1450. The van der Waals surface area contributed by atoms with Gasteiger partial charge >= 0.3 is 6.09 Å². The number of carbonyl (C=O) groups is 1. The van der Waals surface area contributed by atoms with Crippen LogP contribution in [0.1, 0.15) is 36.7 Å². The van der Waals surface area contributed by atoms with Crippen molar-refractivity contribution in [1.29, 1.82) is 0 Å². The van der Waals surface area contributed by atoms with E-state index in [9.17, 15) is 18.3 Å². The van der Waals surface area contributed by atoms with Crippen molar-refractivity contribution in [2.45, 2.75) is 56.0 Å². The Morgan fingerprint density at radius 1 is 1.24 bits per heavy atom. The second kappa shape index (κ2) is 12.4. The highest BCUT2D eigenvalue weighted by Crippen LogP contribution is 2.33. The molecule has 0 radical (unpaired) electrons. The topological polar surface area (TPSA) is 140 Å². The van der Waals surface area contributed by atoms with Gasteiger partial charge in [0.25, 0.3) is 0 Å². The number of aliphatic hydroxyl groups is 1. The first-order valence-electron chi connectivity index (χ1n) is 16.1. The molecule has 2 aliphatic heterocycles. The lowest BCUT2D eigenvalue weighted by Crippen LogP contribution is -2.51. The normalized spacial score (nSPS) is 28.8. The van der Waals surface area contributed by atoms with Crippen LogP contribution in [0.2, 0.25) is 0 Å². The number of amides is 1. The quantitative estimate of drug-likeness (QED) is 0.359. The zero-order valence-electron chi connectivity index (χ0n) is 28.6. The largest absolute Gasteiger partial charge is 0.443 e. The van der Waals surface area contributed by atoms with E-state index in [2.05, 4.69) is 5.32 Å². The lowest BCUT2D eigenvalue weighted by atomic mass is 10.0. The van der Waals surface area contributed by atoms with E-state index in [1.54, 1.807) is 30.3 Å². The zero-order valence-corrected chi connectivity index (χ0v) is 21.4. The molecule has 2 fully saturated rings. The van der Waals surface area contributed by atoms with Gasteiger partial charge in [-0.2, -0.15) is 4.31 Å². The van der Waals surface area contributed by atoms with Crippen molar-refractivity contribution in [2.75, 3.05) is 32.0 Å². The molecule has 10 nitrogen and oxygen atoms in total. The number of fused-ring (bicyclic) bond motifs is 1. The van der Waals surface area contributed by atoms with E-state index in [0.29, 0.717) is 22.9 Å². The average molecular weight is 556 g/mol. The Morgan fingerprint density at radius 3 is 2.68 bits per heavy atom. The molecule has 0 bridgehead atoms. The second-order valence-electron chi connectivity index (χ2n) is 9.15. The fourth-order valence-corrected chi connectivity index (χ4v) is 5.84. The number of ether oxygens (including phenoxy) is 3. The summed E-state index contributed by atoms with van der Waals surface area (Å²) in [6, 6.07) is 12.0. The highest BCUT2D eigenvalue weighted by Gasteiger charge is 2.44. The summed E-state index contributed by atoms with van der Waals surface area (Å²) in [7, 11) is -4.75. The molecule has 0 saturated carbocycles. The number of nitrogens with one attached hydrogen (secondary N) is 1. The second-order valence-corrected chi connectivity index (χ2v) is 11.1. The SMILES string of the molecule is [2H]C([2H])([2H])C([2H])(CN(C[C@@H](O)[C@H](Cc1ccccc1)NC(=O)O[C@@]1([2H])CO[C@H]2OCC[C@H]21)S(=O)(=O)c1ccc(N)cc1)C([2H])([2H])[2H]. The van der Waals surface area contributed by atoms with E-state index < -0.39 is 84.1 Å². The Kier molecular flexibility index (Phi) is 6.34. The fraction of sp³-hybridized carbons (Fsp3) is 0.519. The van der Waals surface area contributed by atoms with Crippen molar-refractivity contribution in [1.82, 2.24) is 9.62 Å². The number of aliphatic hydroxyl groups excluding tert-OH is 1. The third kappa shape index (κ3) is 7.03. The van der Waals surface area contributed by atoms with Crippen molar-refractivity contribution in [3.63, 3.8) is 0 Å². The van der Waals surface area contributed by atoms with Gasteiger partial charge in [-0.05, 0) is 48.6 Å². The van der Waals surface area contributed by atoms with Crippen LogP contribution in [0, 0.1) is 11.8 Å². The van der Waals surface area contributed by atoms with Crippen LogP contribution in [0.5, 0.6) is 0 Å². The average Bonchev–Trinajstić information content (AvgIpc) is 3.56. The number of nitrogens with two attached hydrogens (primary N) is 1. The summed E-state index contributed by atoms with van der Waals surface area (Å²) in [5, 5.41) is 14.0. The lowest BCUT2D eigenvalue weighted by molar-refractivity contribution is -0.0907. The van der Waals surface area contributed by atoms with Crippen molar-refractivity contribution < 1.29 is 43.5 Å². The van der Waals surface area contributed by atoms with E-state index in [1.165, 1.54) is 12.1 Å². The maximum atomic E-state index is 13.9. The summed E-state index contributed by atoms with van der Waals surface area (Å²) in [4.78, 5) is 12.7. The molecular formula is C27H37N3O7S. The molecule has 1 amide bonds. The third-order valence-corrected chi connectivity index (χ3v) is 8.20. The number of nitrogens with zero attached hydrogens (tertiary/aromatic N) is 1. The standard InChI is InChI=1S/C27H37N3O7S/c1-18(2)15-30(38(33,34)21-10-8-20(28)9-11-21)16-24(31)23(14-19-6-4-3-5-7-19)29-27(32)37-25-17-36-26-22(25)12-13-35-26/h3-11,18,22-26,31H,12-17,28H2,1-2H3,(H,29,32)/t22-,23-,24+,25-,26+/m0/s1/i1D3,2D3,18D,25D. The summed E-state index contributed by atoms with van der Waals surface area (Å²) in [5.41, 5.74) is 6.51. The highest BCUT2D eigenvalue weighted by molar-refractivity contribution is 7.89. The minimum absolute atomic E-state index is 0.0753. The van der Waals surface area contributed by atoms with Gasteiger partial charge in [0.05, 0.1) is 37.5 Å². The molecule has 38 heavy (non-hydrogen) atoms. The van der Waals surface area contributed by atoms with E-state index >= 15 is 0 Å². The van der Waals surface area contributed by atoms with Gasteiger partial charge in [-0.15, -0.1) is 0 Å². The van der Waals surface area contributed by atoms with Crippen LogP contribution in [-0.4, -0.2) is 74.7 Å². The van der Waals surface area contributed by atoms with E-state index in [0.717, 1.165) is 12.1 Å². The van der Waals surface area contributed by atoms with E-state index in [-0.39, 0.29) is 18.7 Å². The summed E-state index contributed by atoms with van der Waals surface area (Å²) in [5.74, 6) is -3.86.